The van der Waals surface area contributed by atoms with Crippen molar-refractivity contribution >= 4 is 28.7 Å². The van der Waals surface area contributed by atoms with Crippen LogP contribution in [0.5, 0.6) is 0 Å². The molecule has 0 saturated carbocycles. The monoisotopic (exact) mass is 177 g/mol. The summed E-state index contributed by atoms with van der Waals surface area (Å²) >= 11 is 4.85. The van der Waals surface area contributed by atoms with Crippen LogP contribution in [0.3, 0.4) is 0 Å². The Labute approximate surface area is 75.6 Å². The summed E-state index contributed by atoms with van der Waals surface area (Å²) < 4.78 is 0. The molecule has 1 heterocycles. The minimum absolute atomic E-state index is 0.0660. The van der Waals surface area contributed by atoms with Gasteiger partial charge >= 0.3 is 0 Å². The Balaban J connectivity index is 2.68. The van der Waals surface area contributed by atoms with E-state index in [1.807, 2.05) is 19.1 Å². The molecule has 2 rings (SSSR count). The van der Waals surface area contributed by atoms with Crippen LogP contribution in [0.1, 0.15) is 15.9 Å². The van der Waals surface area contributed by atoms with Crippen LogP contribution in [0.25, 0.3) is 0 Å². The van der Waals surface area contributed by atoms with Crippen molar-refractivity contribution in [2.45, 2.75) is 6.92 Å². The first-order valence-electron chi connectivity index (χ1n) is 3.65. The Hall–Kier alpha value is -1.22. The number of fused-ring (bicyclic) bond motifs is 1. The minimum Gasteiger partial charge on any atom is -0.343 e. The normalized spacial score (nSPS) is 14.4. The van der Waals surface area contributed by atoms with Crippen LogP contribution < -0.4 is 5.32 Å². The molecule has 2 nitrogen and oxygen atoms in total. The van der Waals surface area contributed by atoms with Gasteiger partial charge in [0.2, 0.25) is 5.78 Å². The van der Waals surface area contributed by atoms with E-state index in [0.29, 0.717) is 10.6 Å². The maximum Gasteiger partial charge on any atom is 0.222 e. The molecule has 0 amide bonds. The number of carbonyl (C=O) groups excluding carboxylic acids is 1. The van der Waals surface area contributed by atoms with Gasteiger partial charge in [0.1, 0.15) is 0 Å². The summed E-state index contributed by atoms with van der Waals surface area (Å²) in [6.07, 6.45) is 0. The molecule has 0 atom stereocenters. The third-order valence-electron chi connectivity index (χ3n) is 1.96. The van der Waals surface area contributed by atoms with Crippen LogP contribution in [0, 0.1) is 6.92 Å². The number of para-hydroxylation sites is 1. The van der Waals surface area contributed by atoms with Crippen LogP contribution in [0.15, 0.2) is 18.2 Å². The predicted molar refractivity (Wildman–Crippen MR) is 51.7 cm³/mol. The first-order valence-corrected chi connectivity index (χ1v) is 4.06. The highest BCUT2D eigenvalue weighted by Gasteiger charge is 2.24. The second-order valence-electron chi connectivity index (χ2n) is 2.78. The Bertz CT molecular complexity index is 384. The summed E-state index contributed by atoms with van der Waals surface area (Å²) in [6, 6.07) is 5.60. The Morgan fingerprint density at radius 1 is 1.42 bits per heavy atom. The highest BCUT2D eigenvalue weighted by Crippen LogP contribution is 2.26. The van der Waals surface area contributed by atoms with Gasteiger partial charge in [-0.05, 0) is 18.6 Å². The largest absolute Gasteiger partial charge is 0.343 e. The molecule has 3 heteroatoms. The molecule has 0 spiro atoms. The second-order valence-corrected chi connectivity index (χ2v) is 3.19. The maximum atomic E-state index is 11.3. The van der Waals surface area contributed by atoms with E-state index in [1.165, 1.54) is 0 Å². The second kappa shape index (κ2) is 2.38. The van der Waals surface area contributed by atoms with Gasteiger partial charge in [-0.15, -0.1) is 0 Å². The average molecular weight is 177 g/mol. The molecule has 0 unspecified atom stereocenters. The molecule has 1 aromatic rings. The minimum atomic E-state index is -0.0660. The summed E-state index contributed by atoms with van der Waals surface area (Å²) in [5.41, 5.74) is 2.62. The van der Waals surface area contributed by atoms with Gasteiger partial charge < -0.3 is 5.32 Å². The SMILES string of the molecule is Cc1cccc2c1NC(=S)C2=O. The molecule has 0 aromatic heterocycles. The number of rotatable bonds is 0. The van der Waals surface area contributed by atoms with Crippen molar-refractivity contribution in [3.63, 3.8) is 0 Å². The number of Topliss-reactive ketones (excluding diaryl/α,β-unsaturated/α-hetero) is 1. The smallest absolute Gasteiger partial charge is 0.222 e. The Kier molecular flexibility index (Phi) is 1.48. The summed E-state index contributed by atoms with van der Waals surface area (Å²) in [6.45, 7) is 1.95. The van der Waals surface area contributed by atoms with Gasteiger partial charge in [-0.3, -0.25) is 4.79 Å². The fourth-order valence-electron chi connectivity index (χ4n) is 1.32. The van der Waals surface area contributed by atoms with E-state index in [9.17, 15) is 4.79 Å². The highest BCUT2D eigenvalue weighted by atomic mass is 32.1. The van der Waals surface area contributed by atoms with Crippen LogP contribution >= 0.6 is 12.2 Å². The van der Waals surface area contributed by atoms with E-state index in [-0.39, 0.29) is 5.78 Å². The molecule has 1 aliphatic heterocycles. The summed E-state index contributed by atoms with van der Waals surface area (Å²) in [5, 5.41) is 2.90. The number of hydrogen-bond acceptors (Lipinski definition) is 2. The van der Waals surface area contributed by atoms with E-state index in [4.69, 9.17) is 12.2 Å². The van der Waals surface area contributed by atoms with Crippen LogP contribution in [0.4, 0.5) is 5.69 Å². The Morgan fingerprint density at radius 3 is 2.83 bits per heavy atom. The van der Waals surface area contributed by atoms with Gasteiger partial charge in [0, 0.05) is 5.56 Å². The highest BCUT2D eigenvalue weighted by molar-refractivity contribution is 7.82. The zero-order valence-corrected chi connectivity index (χ0v) is 7.37. The van der Waals surface area contributed by atoms with Crippen LogP contribution in [0.2, 0.25) is 0 Å². The molecule has 60 valence electrons. The molecule has 0 saturated heterocycles. The molecule has 1 aliphatic rings. The lowest BCUT2D eigenvalue weighted by Crippen LogP contribution is -2.09. The van der Waals surface area contributed by atoms with E-state index < -0.39 is 0 Å². The van der Waals surface area contributed by atoms with Crippen molar-refractivity contribution in [3.8, 4) is 0 Å². The molecule has 1 N–H and O–H groups in total. The summed E-state index contributed by atoms with van der Waals surface area (Å²) in [7, 11) is 0. The van der Waals surface area contributed by atoms with Crippen molar-refractivity contribution in [1.82, 2.24) is 0 Å². The van der Waals surface area contributed by atoms with Crippen LogP contribution in [-0.2, 0) is 0 Å². The van der Waals surface area contributed by atoms with E-state index in [2.05, 4.69) is 5.32 Å². The van der Waals surface area contributed by atoms with Crippen molar-refractivity contribution in [3.05, 3.63) is 29.3 Å². The first-order chi connectivity index (χ1) is 5.70. The fraction of sp³-hybridized carbons (Fsp3) is 0.111. The number of thiocarbonyl (C=S) groups is 1. The summed E-state index contributed by atoms with van der Waals surface area (Å²) in [5.74, 6) is -0.0660. The van der Waals surface area contributed by atoms with Gasteiger partial charge in [-0.25, -0.2) is 0 Å². The summed E-state index contributed by atoms with van der Waals surface area (Å²) in [4.78, 5) is 11.6. The molecule has 0 bridgehead atoms. The number of hydrogen-bond donors (Lipinski definition) is 1. The van der Waals surface area contributed by atoms with Crippen molar-refractivity contribution in [1.29, 1.82) is 0 Å². The number of nitrogens with one attached hydrogen (secondary N) is 1. The number of carbonyl (C=O) groups is 1. The first kappa shape index (κ1) is 7.43. The number of aryl methyl sites for hydroxylation is 1. The van der Waals surface area contributed by atoms with Crippen LogP contribution in [-0.4, -0.2) is 10.8 Å². The Morgan fingerprint density at radius 2 is 2.17 bits per heavy atom. The average Bonchev–Trinajstić information content (AvgIpc) is 2.32. The molecule has 1 aromatic carbocycles. The number of benzene rings is 1. The van der Waals surface area contributed by atoms with Crippen molar-refractivity contribution in [2.24, 2.45) is 0 Å². The number of ketones is 1. The quantitative estimate of drug-likeness (QED) is 0.614. The standard InChI is InChI=1S/C9H7NOS/c1-5-3-2-4-6-7(5)10-9(12)8(6)11/h2-4H,1H3,(H,10,11,12). The van der Waals surface area contributed by atoms with Gasteiger partial charge in [-0.2, -0.15) is 0 Å². The molecule has 0 aliphatic carbocycles. The topological polar surface area (TPSA) is 29.1 Å². The lowest BCUT2D eigenvalue weighted by Gasteiger charge is -2.00. The maximum absolute atomic E-state index is 11.3. The predicted octanol–water partition coefficient (Wildman–Crippen LogP) is 1.93. The zero-order valence-electron chi connectivity index (χ0n) is 6.55. The molecular weight excluding hydrogens is 170 g/mol. The van der Waals surface area contributed by atoms with Gasteiger partial charge in [-0.1, -0.05) is 24.4 Å². The van der Waals surface area contributed by atoms with Gasteiger partial charge in [0.15, 0.2) is 4.99 Å². The molecule has 0 fully saturated rings. The zero-order chi connectivity index (χ0) is 8.72. The van der Waals surface area contributed by atoms with Crippen molar-refractivity contribution < 1.29 is 4.79 Å². The number of anilines is 1. The third-order valence-corrected chi connectivity index (χ3v) is 2.25. The van der Waals surface area contributed by atoms with Gasteiger partial charge in [0.25, 0.3) is 0 Å². The van der Waals surface area contributed by atoms with E-state index in [1.54, 1.807) is 6.07 Å². The van der Waals surface area contributed by atoms with E-state index >= 15 is 0 Å². The molecular formula is C9H7NOS. The fourth-order valence-corrected chi connectivity index (χ4v) is 1.53. The van der Waals surface area contributed by atoms with Crippen molar-refractivity contribution in [2.75, 3.05) is 5.32 Å². The lowest BCUT2D eigenvalue weighted by atomic mass is 10.1. The third kappa shape index (κ3) is 0.865. The molecule has 12 heavy (non-hydrogen) atoms. The van der Waals surface area contributed by atoms with Gasteiger partial charge in [0.05, 0.1) is 5.69 Å². The van der Waals surface area contributed by atoms with E-state index in [0.717, 1.165) is 11.3 Å². The lowest BCUT2D eigenvalue weighted by molar-refractivity contribution is 0.107. The molecule has 0 radical (unpaired) electrons.